The van der Waals surface area contributed by atoms with Crippen molar-refractivity contribution in [3.8, 4) is 23.0 Å². The molecule has 1 fully saturated rings. The second-order valence-corrected chi connectivity index (χ2v) is 7.63. The van der Waals surface area contributed by atoms with Crippen molar-refractivity contribution in [3.05, 3.63) is 36.0 Å². The van der Waals surface area contributed by atoms with Crippen LogP contribution in [0.25, 0.3) is 33.2 Å². The second kappa shape index (κ2) is 7.14. The number of aryl methyl sites for hydroxylation is 2. The lowest BCUT2D eigenvalue weighted by molar-refractivity contribution is 0.403. The molecule has 0 amide bonds. The van der Waals surface area contributed by atoms with Gasteiger partial charge in [0.1, 0.15) is 5.75 Å². The highest BCUT2D eigenvalue weighted by molar-refractivity contribution is 5.92. The average Bonchev–Trinajstić information content (AvgIpc) is 3.16. The van der Waals surface area contributed by atoms with Crippen LogP contribution in [0, 0.1) is 6.92 Å². The zero-order chi connectivity index (χ0) is 20.8. The summed E-state index contributed by atoms with van der Waals surface area (Å²) in [4.78, 5) is 11.7. The number of nitrogens with one attached hydrogen (secondary N) is 1. The number of phenolic OH excluding ortho intramolecular Hbond substituents is 1. The van der Waals surface area contributed by atoms with Crippen molar-refractivity contribution >= 4 is 27.5 Å². The maximum atomic E-state index is 10.8. The van der Waals surface area contributed by atoms with Gasteiger partial charge in [-0.15, -0.1) is 0 Å². The van der Waals surface area contributed by atoms with E-state index in [0.29, 0.717) is 22.8 Å². The van der Waals surface area contributed by atoms with Gasteiger partial charge in [-0.1, -0.05) is 0 Å². The van der Waals surface area contributed by atoms with Gasteiger partial charge in [-0.3, -0.25) is 4.68 Å². The minimum Gasteiger partial charge on any atom is -0.507 e. The number of rotatable bonds is 3. The van der Waals surface area contributed by atoms with Crippen LogP contribution in [-0.4, -0.2) is 58.1 Å². The molecule has 0 spiro atoms. The molecule has 2 aromatic heterocycles. The number of piperazine rings is 1. The minimum absolute atomic E-state index is 0.139. The van der Waals surface area contributed by atoms with Gasteiger partial charge in [0.15, 0.2) is 5.82 Å². The van der Waals surface area contributed by atoms with Gasteiger partial charge in [-0.2, -0.15) is 10.1 Å². The summed E-state index contributed by atoms with van der Waals surface area (Å²) in [6.45, 7) is 5.72. The number of methoxy groups -OCH3 is 1. The van der Waals surface area contributed by atoms with E-state index >= 15 is 0 Å². The van der Waals surface area contributed by atoms with Gasteiger partial charge >= 0.3 is 0 Å². The third-order valence-electron chi connectivity index (χ3n) is 5.68. The molecule has 0 aliphatic carbocycles. The van der Waals surface area contributed by atoms with Crippen molar-refractivity contribution in [1.82, 2.24) is 25.1 Å². The molecule has 154 valence electrons. The Kier molecular flexibility index (Phi) is 4.43. The molecule has 1 aliphatic rings. The van der Waals surface area contributed by atoms with Crippen LogP contribution in [0.4, 0.5) is 5.69 Å². The third-order valence-corrected chi connectivity index (χ3v) is 5.68. The topological polar surface area (TPSA) is 88.3 Å². The Morgan fingerprint density at radius 1 is 1.13 bits per heavy atom. The van der Waals surface area contributed by atoms with E-state index in [1.54, 1.807) is 11.8 Å². The van der Waals surface area contributed by atoms with E-state index in [2.05, 4.69) is 32.4 Å². The molecule has 8 heteroatoms. The van der Waals surface area contributed by atoms with Crippen LogP contribution in [0.1, 0.15) is 5.56 Å². The first-order valence-electron chi connectivity index (χ1n) is 10.0. The van der Waals surface area contributed by atoms with E-state index in [-0.39, 0.29) is 5.75 Å². The van der Waals surface area contributed by atoms with Crippen LogP contribution < -0.4 is 15.0 Å². The highest BCUT2D eigenvalue weighted by atomic mass is 16.5. The lowest BCUT2D eigenvalue weighted by atomic mass is 10.0. The quantitative estimate of drug-likeness (QED) is 0.543. The Morgan fingerprint density at radius 3 is 2.70 bits per heavy atom. The number of ether oxygens (including phenoxy) is 1. The molecule has 5 rings (SSSR count). The van der Waals surface area contributed by atoms with E-state index in [4.69, 9.17) is 9.72 Å². The van der Waals surface area contributed by atoms with Crippen LogP contribution in [0.15, 0.2) is 30.5 Å². The first-order chi connectivity index (χ1) is 14.5. The molecule has 1 aliphatic heterocycles. The first-order valence-corrected chi connectivity index (χ1v) is 10.0. The van der Waals surface area contributed by atoms with E-state index in [1.165, 1.54) is 0 Å². The summed E-state index contributed by atoms with van der Waals surface area (Å²) in [7, 11) is 3.47. The molecule has 0 atom stereocenters. The van der Waals surface area contributed by atoms with Crippen molar-refractivity contribution in [2.45, 2.75) is 6.92 Å². The van der Waals surface area contributed by atoms with Gasteiger partial charge < -0.3 is 20.1 Å². The summed E-state index contributed by atoms with van der Waals surface area (Å²) in [5, 5.41) is 20.4. The van der Waals surface area contributed by atoms with Gasteiger partial charge in [-0.25, -0.2) is 4.98 Å². The van der Waals surface area contributed by atoms with Crippen LogP contribution in [0.2, 0.25) is 0 Å². The molecular weight excluding hydrogens is 380 g/mol. The predicted molar refractivity (Wildman–Crippen MR) is 117 cm³/mol. The number of anilines is 1. The molecule has 0 unspecified atom stereocenters. The Labute approximate surface area is 174 Å². The number of hydrogen-bond donors (Lipinski definition) is 2. The predicted octanol–water partition coefficient (Wildman–Crippen LogP) is 2.62. The smallest absolute Gasteiger partial charge is 0.224 e. The van der Waals surface area contributed by atoms with Crippen molar-refractivity contribution in [2.24, 2.45) is 7.05 Å². The number of phenols is 1. The number of benzene rings is 2. The van der Waals surface area contributed by atoms with Crippen LogP contribution >= 0.6 is 0 Å². The molecule has 3 heterocycles. The Bertz CT molecular complexity index is 1260. The summed E-state index contributed by atoms with van der Waals surface area (Å²) in [6.07, 6.45) is 1.92. The SMILES string of the molecule is COc1nc(-c2cc3cn(C)nc3c(C)c2O)nc2ccc(N3CCNCC3)cc12. The highest BCUT2D eigenvalue weighted by Gasteiger charge is 2.19. The summed E-state index contributed by atoms with van der Waals surface area (Å²) in [6, 6.07) is 8.03. The summed E-state index contributed by atoms with van der Waals surface area (Å²) in [5.41, 5.74) is 3.96. The molecule has 1 saturated heterocycles. The van der Waals surface area contributed by atoms with E-state index in [0.717, 1.165) is 53.7 Å². The van der Waals surface area contributed by atoms with E-state index in [9.17, 15) is 5.11 Å². The molecule has 30 heavy (non-hydrogen) atoms. The van der Waals surface area contributed by atoms with Crippen LogP contribution in [-0.2, 0) is 7.05 Å². The van der Waals surface area contributed by atoms with Crippen LogP contribution in [0.5, 0.6) is 11.6 Å². The van der Waals surface area contributed by atoms with Gasteiger partial charge in [0.2, 0.25) is 5.88 Å². The Balaban J connectivity index is 1.65. The number of aromatic hydroxyl groups is 1. The lowest BCUT2D eigenvalue weighted by Gasteiger charge is -2.29. The molecule has 0 saturated carbocycles. The first kappa shape index (κ1) is 18.6. The maximum absolute atomic E-state index is 10.8. The number of aromatic nitrogens is 4. The zero-order valence-corrected chi connectivity index (χ0v) is 17.3. The van der Waals surface area contributed by atoms with Gasteiger partial charge in [0.05, 0.1) is 29.1 Å². The Morgan fingerprint density at radius 2 is 1.93 bits per heavy atom. The Hall–Kier alpha value is -3.39. The summed E-state index contributed by atoms with van der Waals surface area (Å²) in [5.74, 6) is 1.07. The number of hydrogen-bond acceptors (Lipinski definition) is 7. The fourth-order valence-electron chi connectivity index (χ4n) is 4.10. The second-order valence-electron chi connectivity index (χ2n) is 7.63. The monoisotopic (exact) mass is 404 g/mol. The molecule has 0 bridgehead atoms. The molecule has 2 aromatic carbocycles. The van der Waals surface area contributed by atoms with Crippen molar-refractivity contribution in [1.29, 1.82) is 0 Å². The third kappa shape index (κ3) is 3.00. The summed E-state index contributed by atoms with van der Waals surface area (Å²) < 4.78 is 7.35. The van der Waals surface area contributed by atoms with Crippen molar-refractivity contribution in [2.75, 3.05) is 38.2 Å². The minimum atomic E-state index is 0.139. The van der Waals surface area contributed by atoms with Gasteiger partial charge in [0, 0.05) is 56.1 Å². The molecule has 2 N–H and O–H groups in total. The fraction of sp³-hybridized carbons (Fsp3) is 0.318. The zero-order valence-electron chi connectivity index (χ0n) is 17.3. The molecule has 4 aromatic rings. The normalized spacial score (nSPS) is 14.6. The fourth-order valence-corrected chi connectivity index (χ4v) is 4.10. The number of nitrogens with zero attached hydrogens (tertiary/aromatic N) is 5. The highest BCUT2D eigenvalue weighted by Crippen LogP contribution is 2.37. The number of fused-ring (bicyclic) bond motifs is 2. The van der Waals surface area contributed by atoms with E-state index < -0.39 is 0 Å². The molecule has 8 nitrogen and oxygen atoms in total. The summed E-state index contributed by atoms with van der Waals surface area (Å²) >= 11 is 0. The average molecular weight is 404 g/mol. The van der Waals surface area contributed by atoms with Crippen molar-refractivity contribution in [3.63, 3.8) is 0 Å². The standard InChI is InChI=1S/C22H24N6O2/c1-13-19-14(12-27(2)26-19)10-17(20(13)29)21-24-18-5-4-15(28-8-6-23-7-9-28)11-16(18)22(25-21)30-3/h4-5,10-12,23,29H,6-9H2,1-3H3. The van der Waals surface area contributed by atoms with Crippen molar-refractivity contribution < 1.29 is 9.84 Å². The van der Waals surface area contributed by atoms with E-state index in [1.807, 2.05) is 32.3 Å². The van der Waals surface area contributed by atoms with Crippen LogP contribution in [0.3, 0.4) is 0 Å². The van der Waals surface area contributed by atoms with Gasteiger partial charge in [-0.05, 0) is 31.2 Å². The molecule has 0 radical (unpaired) electrons. The maximum Gasteiger partial charge on any atom is 0.224 e. The largest absolute Gasteiger partial charge is 0.507 e. The van der Waals surface area contributed by atoms with Gasteiger partial charge in [0.25, 0.3) is 0 Å². The molecular formula is C22H24N6O2. The lowest BCUT2D eigenvalue weighted by Crippen LogP contribution is -2.43.